The van der Waals surface area contributed by atoms with Gasteiger partial charge in [-0.15, -0.1) is 5.10 Å². The van der Waals surface area contributed by atoms with Crippen LogP contribution >= 0.6 is 11.6 Å². The zero-order valence-electron chi connectivity index (χ0n) is 20.9. The molecule has 2 aromatic heterocycles. The van der Waals surface area contributed by atoms with Crippen LogP contribution in [0.4, 0.5) is 5.82 Å². The maximum absolute atomic E-state index is 13.2. The third-order valence-electron chi connectivity index (χ3n) is 5.62. The van der Waals surface area contributed by atoms with Crippen LogP contribution in [0.5, 0.6) is 0 Å². The minimum absolute atomic E-state index is 0.151. The quantitative estimate of drug-likeness (QED) is 0.416. The van der Waals surface area contributed by atoms with Crippen molar-refractivity contribution < 1.29 is 8.42 Å². The van der Waals surface area contributed by atoms with Crippen LogP contribution < -0.4 is 5.32 Å². The maximum atomic E-state index is 13.2. The summed E-state index contributed by atoms with van der Waals surface area (Å²) in [6.45, 7) is 8.25. The molecule has 0 spiro atoms. The van der Waals surface area contributed by atoms with E-state index in [9.17, 15) is 8.42 Å². The van der Waals surface area contributed by atoms with Crippen molar-refractivity contribution in [1.82, 2.24) is 14.6 Å². The van der Waals surface area contributed by atoms with Crippen LogP contribution in [-0.2, 0) is 22.7 Å². The molecule has 1 N–H and O–H groups in total. The topological polar surface area (TPSA) is 76.4 Å². The SMILES string of the molecule is C/C=C/Cl.CCCCC.CNc1nn2c3c(c(C)nc2c1S(=O)(=O)c1ccccc1)CCCC3. The summed E-state index contributed by atoms with van der Waals surface area (Å²) in [4.78, 5) is 5.03. The number of nitrogens with zero attached hydrogens (tertiary/aromatic N) is 3. The van der Waals surface area contributed by atoms with Crippen LogP contribution in [-0.4, -0.2) is 30.1 Å². The average Bonchev–Trinajstić information content (AvgIpc) is 3.25. The predicted octanol–water partition coefficient (Wildman–Crippen LogP) is 6.75. The van der Waals surface area contributed by atoms with Gasteiger partial charge in [0.15, 0.2) is 16.4 Å². The standard InChI is InChI=1S/C18H20N4O2S.C5H12.C3H5Cl/c1-12-14-10-6-7-11-15(14)22-18(20-12)16(17(19-2)21-22)25(23,24)13-8-4-3-5-9-13;1-3-5-4-2;1-2-3-4/h3-5,8-9H,6-7,10-11H2,1-2H3,(H,19,21);3-5H2,1-2H3;2-3H,1H3/b;;3-2+. The summed E-state index contributed by atoms with van der Waals surface area (Å²) in [7, 11) is -2.03. The number of rotatable bonds is 5. The number of allylic oxidation sites excluding steroid dienone is 1. The Morgan fingerprint density at radius 1 is 1.12 bits per heavy atom. The molecular formula is C26H37ClN4O2S. The number of aryl methyl sites for hydroxylation is 2. The number of unbranched alkanes of at least 4 members (excludes halogenated alkanes) is 2. The summed E-state index contributed by atoms with van der Waals surface area (Å²) < 4.78 is 28.2. The van der Waals surface area contributed by atoms with Gasteiger partial charge in [0.2, 0.25) is 9.84 Å². The van der Waals surface area contributed by atoms with Gasteiger partial charge in [-0.1, -0.05) is 69.0 Å². The molecule has 4 rings (SSSR count). The van der Waals surface area contributed by atoms with Gasteiger partial charge < -0.3 is 5.32 Å². The second-order valence-corrected chi connectivity index (χ2v) is 10.3. The first kappa shape index (κ1) is 27.9. The molecule has 3 aromatic rings. The Kier molecular flexibility index (Phi) is 11.1. The van der Waals surface area contributed by atoms with E-state index in [-0.39, 0.29) is 9.79 Å². The van der Waals surface area contributed by atoms with Gasteiger partial charge >= 0.3 is 0 Å². The molecule has 34 heavy (non-hydrogen) atoms. The first-order chi connectivity index (χ1) is 16.4. The molecule has 0 fully saturated rings. The van der Waals surface area contributed by atoms with E-state index in [0.29, 0.717) is 11.5 Å². The van der Waals surface area contributed by atoms with E-state index in [0.717, 1.165) is 37.1 Å². The van der Waals surface area contributed by atoms with E-state index in [2.05, 4.69) is 29.2 Å². The highest BCUT2D eigenvalue weighted by Crippen LogP contribution is 2.33. The number of hydrogen-bond donors (Lipinski definition) is 1. The lowest BCUT2D eigenvalue weighted by Crippen LogP contribution is -2.13. The average molecular weight is 505 g/mol. The molecule has 0 radical (unpaired) electrons. The Balaban J connectivity index is 0.000000391. The van der Waals surface area contributed by atoms with Crippen molar-refractivity contribution >= 4 is 32.9 Å². The summed E-state index contributed by atoms with van der Waals surface area (Å²) in [6, 6.07) is 8.44. The Bertz CT molecular complexity index is 1180. The number of halogens is 1. The molecule has 6 nitrogen and oxygen atoms in total. The Hall–Kier alpha value is -2.38. The summed E-state index contributed by atoms with van der Waals surface area (Å²) in [5.41, 5.74) is 5.06. The molecule has 1 aliphatic carbocycles. The molecule has 0 amide bonds. The zero-order chi connectivity index (χ0) is 25.1. The highest BCUT2D eigenvalue weighted by Gasteiger charge is 2.30. The van der Waals surface area contributed by atoms with E-state index in [1.807, 2.05) is 13.8 Å². The number of benzene rings is 1. The van der Waals surface area contributed by atoms with Gasteiger partial charge in [-0.2, -0.15) is 0 Å². The molecule has 186 valence electrons. The molecule has 0 aliphatic heterocycles. The highest BCUT2D eigenvalue weighted by atomic mass is 35.5. The fourth-order valence-corrected chi connectivity index (χ4v) is 5.42. The van der Waals surface area contributed by atoms with Gasteiger partial charge in [-0.05, 0) is 62.8 Å². The Labute approximate surface area is 209 Å². The monoisotopic (exact) mass is 504 g/mol. The number of aromatic nitrogens is 3. The van der Waals surface area contributed by atoms with Crippen LogP contribution in [0.3, 0.4) is 0 Å². The smallest absolute Gasteiger partial charge is 0.214 e. The predicted molar refractivity (Wildman–Crippen MR) is 142 cm³/mol. The molecule has 0 unspecified atom stereocenters. The lowest BCUT2D eigenvalue weighted by atomic mass is 9.95. The summed E-state index contributed by atoms with van der Waals surface area (Å²) >= 11 is 5.01. The summed E-state index contributed by atoms with van der Waals surface area (Å²) in [6.07, 6.45) is 9.93. The van der Waals surface area contributed by atoms with Gasteiger partial charge in [0.1, 0.15) is 0 Å². The number of anilines is 1. The van der Waals surface area contributed by atoms with Gasteiger partial charge in [0.25, 0.3) is 0 Å². The normalized spacial score (nSPS) is 13.0. The van der Waals surface area contributed by atoms with Crippen LogP contribution in [0.1, 0.15) is 69.8 Å². The van der Waals surface area contributed by atoms with Crippen molar-refractivity contribution in [3.63, 3.8) is 0 Å². The molecule has 0 saturated heterocycles. The second kappa shape index (κ2) is 13.5. The molecule has 0 atom stereocenters. The maximum Gasteiger partial charge on any atom is 0.214 e. The molecule has 1 aromatic carbocycles. The van der Waals surface area contributed by atoms with Crippen LogP contribution in [0.25, 0.3) is 5.65 Å². The van der Waals surface area contributed by atoms with Crippen molar-refractivity contribution in [2.45, 2.75) is 82.4 Å². The molecule has 1 aliphatic rings. The summed E-state index contributed by atoms with van der Waals surface area (Å²) in [5.74, 6) is 0.342. The first-order valence-corrected chi connectivity index (χ1v) is 13.9. The lowest BCUT2D eigenvalue weighted by Gasteiger charge is -2.18. The lowest BCUT2D eigenvalue weighted by molar-refractivity contribution is 0.597. The van der Waals surface area contributed by atoms with Crippen LogP contribution in [0.15, 0.2) is 51.7 Å². The largest absolute Gasteiger partial charge is 0.370 e. The van der Waals surface area contributed by atoms with Gasteiger partial charge in [0.05, 0.1) is 4.90 Å². The van der Waals surface area contributed by atoms with Crippen molar-refractivity contribution in [2.24, 2.45) is 0 Å². The third-order valence-corrected chi connectivity index (χ3v) is 7.67. The fourth-order valence-electron chi connectivity index (χ4n) is 3.90. The van der Waals surface area contributed by atoms with Crippen LogP contribution in [0, 0.1) is 6.92 Å². The number of sulfone groups is 1. The number of nitrogens with one attached hydrogen (secondary N) is 1. The highest BCUT2D eigenvalue weighted by molar-refractivity contribution is 7.91. The van der Waals surface area contributed by atoms with Crippen molar-refractivity contribution in [1.29, 1.82) is 0 Å². The fraction of sp³-hybridized carbons (Fsp3) is 0.462. The second-order valence-electron chi connectivity index (χ2n) is 8.12. The van der Waals surface area contributed by atoms with E-state index < -0.39 is 9.84 Å². The Morgan fingerprint density at radius 3 is 2.26 bits per heavy atom. The number of hydrogen-bond acceptors (Lipinski definition) is 5. The molecular weight excluding hydrogens is 468 g/mol. The van der Waals surface area contributed by atoms with Gasteiger partial charge in [-0.3, -0.25) is 0 Å². The Morgan fingerprint density at radius 2 is 1.74 bits per heavy atom. The van der Waals surface area contributed by atoms with E-state index in [4.69, 9.17) is 11.6 Å². The molecule has 0 saturated carbocycles. The van der Waals surface area contributed by atoms with Crippen molar-refractivity contribution in [3.8, 4) is 0 Å². The van der Waals surface area contributed by atoms with E-state index in [1.54, 1.807) is 48.0 Å². The third kappa shape index (κ3) is 6.39. The van der Waals surface area contributed by atoms with E-state index >= 15 is 0 Å². The molecule has 0 bridgehead atoms. The van der Waals surface area contributed by atoms with E-state index in [1.165, 1.54) is 30.4 Å². The minimum Gasteiger partial charge on any atom is -0.370 e. The van der Waals surface area contributed by atoms with Crippen molar-refractivity contribution in [2.75, 3.05) is 12.4 Å². The van der Waals surface area contributed by atoms with Gasteiger partial charge in [-0.25, -0.2) is 17.9 Å². The summed E-state index contributed by atoms with van der Waals surface area (Å²) in [5, 5.41) is 7.48. The number of fused-ring (bicyclic) bond motifs is 3. The van der Waals surface area contributed by atoms with Crippen LogP contribution in [0.2, 0.25) is 0 Å². The minimum atomic E-state index is -3.72. The molecule has 8 heteroatoms. The van der Waals surface area contributed by atoms with Crippen molar-refractivity contribution in [3.05, 3.63) is 58.9 Å². The van der Waals surface area contributed by atoms with Gasteiger partial charge in [0, 0.05) is 18.4 Å². The molecule has 2 heterocycles. The first-order valence-electron chi connectivity index (χ1n) is 12.0. The zero-order valence-corrected chi connectivity index (χ0v) is 22.5.